The van der Waals surface area contributed by atoms with Gasteiger partial charge in [0.1, 0.15) is 0 Å². The molecule has 1 aliphatic heterocycles. The summed E-state index contributed by atoms with van der Waals surface area (Å²) in [6.45, 7) is 0. The Morgan fingerprint density at radius 3 is 2.21 bits per heavy atom. The minimum absolute atomic E-state index is 0.0442. The van der Waals surface area contributed by atoms with Crippen LogP contribution in [0.2, 0.25) is 0 Å². The summed E-state index contributed by atoms with van der Waals surface area (Å²) in [7, 11) is 0. The van der Waals surface area contributed by atoms with Crippen molar-refractivity contribution in [2.24, 2.45) is 5.10 Å². The van der Waals surface area contributed by atoms with Crippen LogP contribution in [0.25, 0.3) is 12.2 Å². The molecule has 0 atom stereocenters. The average molecular weight is 370 g/mol. The molecule has 0 unspecified atom stereocenters. The van der Waals surface area contributed by atoms with E-state index in [1.54, 1.807) is 6.07 Å². The highest BCUT2D eigenvalue weighted by Crippen LogP contribution is 2.26. The fourth-order valence-corrected chi connectivity index (χ4v) is 2.98. The molecule has 0 aliphatic carbocycles. The van der Waals surface area contributed by atoms with Gasteiger partial charge in [-0.05, 0) is 41.0 Å². The summed E-state index contributed by atoms with van der Waals surface area (Å²) >= 11 is 0. The van der Waals surface area contributed by atoms with Gasteiger partial charge in [-0.1, -0.05) is 60.7 Å². The van der Waals surface area contributed by atoms with Crippen molar-refractivity contribution in [2.45, 2.75) is 6.42 Å². The number of carbonyl (C=O) groups excluding carboxylic acids is 1. The summed E-state index contributed by atoms with van der Waals surface area (Å²) in [4.78, 5) is 12.3. The van der Waals surface area contributed by atoms with Crippen LogP contribution in [0.3, 0.4) is 0 Å². The zero-order valence-corrected chi connectivity index (χ0v) is 15.0. The largest absolute Gasteiger partial charge is 0.504 e. The van der Waals surface area contributed by atoms with Crippen LogP contribution in [-0.4, -0.2) is 21.8 Å². The summed E-state index contributed by atoms with van der Waals surface area (Å²) in [6, 6.07) is 21.8. The van der Waals surface area contributed by atoms with E-state index >= 15 is 0 Å². The lowest BCUT2D eigenvalue weighted by Gasteiger charge is -2.10. The predicted molar refractivity (Wildman–Crippen MR) is 110 cm³/mol. The number of rotatable bonds is 4. The Labute approximate surface area is 162 Å². The van der Waals surface area contributed by atoms with Crippen molar-refractivity contribution in [2.75, 3.05) is 5.01 Å². The van der Waals surface area contributed by atoms with E-state index in [0.717, 1.165) is 28.1 Å². The lowest BCUT2D eigenvalue weighted by Crippen LogP contribution is -2.19. The first-order valence-electron chi connectivity index (χ1n) is 8.86. The van der Waals surface area contributed by atoms with E-state index in [0.29, 0.717) is 0 Å². The number of benzene rings is 3. The summed E-state index contributed by atoms with van der Waals surface area (Å²) < 4.78 is 0. The molecule has 1 amide bonds. The second-order valence-corrected chi connectivity index (χ2v) is 6.47. The van der Waals surface area contributed by atoms with Gasteiger partial charge in [0.05, 0.1) is 17.8 Å². The Morgan fingerprint density at radius 2 is 1.50 bits per heavy atom. The van der Waals surface area contributed by atoms with Gasteiger partial charge in [-0.15, -0.1) is 0 Å². The Balaban J connectivity index is 1.51. The van der Waals surface area contributed by atoms with Crippen LogP contribution >= 0.6 is 0 Å². The second kappa shape index (κ2) is 7.40. The average Bonchev–Trinajstić information content (AvgIpc) is 3.11. The molecule has 0 bridgehead atoms. The molecule has 2 N–H and O–H groups in total. The Hall–Kier alpha value is -3.86. The van der Waals surface area contributed by atoms with Gasteiger partial charge < -0.3 is 10.2 Å². The minimum atomic E-state index is -0.149. The van der Waals surface area contributed by atoms with Gasteiger partial charge in [0.25, 0.3) is 5.91 Å². The maximum atomic E-state index is 12.3. The van der Waals surface area contributed by atoms with Crippen LogP contribution in [0.4, 0.5) is 5.69 Å². The normalized spacial score (nSPS) is 13.9. The maximum absolute atomic E-state index is 12.3. The number of anilines is 1. The van der Waals surface area contributed by atoms with Crippen LogP contribution in [0.5, 0.6) is 11.5 Å². The third kappa shape index (κ3) is 3.64. The predicted octanol–water partition coefficient (Wildman–Crippen LogP) is 4.41. The Morgan fingerprint density at radius 1 is 0.821 bits per heavy atom. The van der Waals surface area contributed by atoms with Gasteiger partial charge in [-0.3, -0.25) is 4.79 Å². The standard InChI is InChI=1S/C23H18N2O3/c26-21-13-10-17(14-22(21)27)7-6-16-8-11-18(12-9-16)20-15-23(28)25(24-20)19-4-2-1-3-5-19/h1-14,26-27H,15H2/b7-6+. The molecule has 0 fully saturated rings. The van der Waals surface area contributed by atoms with Crippen molar-refractivity contribution < 1.29 is 15.0 Å². The molecule has 4 rings (SSSR count). The Bertz CT molecular complexity index is 1070. The number of para-hydroxylation sites is 1. The maximum Gasteiger partial charge on any atom is 0.253 e. The molecule has 0 aromatic heterocycles. The van der Waals surface area contributed by atoms with Crippen molar-refractivity contribution in [3.63, 3.8) is 0 Å². The molecular formula is C23H18N2O3. The van der Waals surface area contributed by atoms with Crippen LogP contribution in [0, 0.1) is 0 Å². The molecule has 0 spiro atoms. The number of phenolic OH excluding ortho intramolecular Hbond substituents is 2. The second-order valence-electron chi connectivity index (χ2n) is 6.47. The van der Waals surface area contributed by atoms with Crippen molar-refractivity contribution in [1.29, 1.82) is 0 Å². The molecule has 0 radical (unpaired) electrons. The number of phenols is 2. The van der Waals surface area contributed by atoms with Gasteiger partial charge >= 0.3 is 0 Å². The first-order valence-corrected chi connectivity index (χ1v) is 8.86. The molecular weight excluding hydrogens is 352 g/mol. The molecule has 138 valence electrons. The molecule has 3 aromatic carbocycles. The molecule has 0 saturated heterocycles. The van der Waals surface area contributed by atoms with E-state index in [1.807, 2.05) is 66.7 Å². The lowest BCUT2D eigenvalue weighted by molar-refractivity contribution is -0.116. The van der Waals surface area contributed by atoms with Gasteiger partial charge in [0.2, 0.25) is 0 Å². The number of hydrogen-bond acceptors (Lipinski definition) is 4. The number of nitrogens with zero attached hydrogens (tertiary/aromatic N) is 2. The fraction of sp³-hybridized carbons (Fsp3) is 0.0435. The number of carbonyl (C=O) groups is 1. The Kier molecular flexibility index (Phi) is 4.64. The van der Waals surface area contributed by atoms with Crippen molar-refractivity contribution in [1.82, 2.24) is 0 Å². The van der Waals surface area contributed by atoms with Crippen LogP contribution in [0.1, 0.15) is 23.1 Å². The van der Waals surface area contributed by atoms with E-state index in [1.165, 1.54) is 17.1 Å². The van der Waals surface area contributed by atoms with Crippen molar-refractivity contribution in [3.05, 3.63) is 89.5 Å². The smallest absolute Gasteiger partial charge is 0.253 e. The molecule has 0 saturated carbocycles. The lowest BCUT2D eigenvalue weighted by atomic mass is 10.0. The molecule has 28 heavy (non-hydrogen) atoms. The monoisotopic (exact) mass is 370 g/mol. The van der Waals surface area contributed by atoms with E-state index < -0.39 is 0 Å². The highest BCUT2D eigenvalue weighted by Gasteiger charge is 2.25. The third-order valence-electron chi connectivity index (χ3n) is 4.49. The van der Waals surface area contributed by atoms with Crippen LogP contribution in [-0.2, 0) is 4.79 Å². The first-order chi connectivity index (χ1) is 13.6. The van der Waals surface area contributed by atoms with Crippen molar-refractivity contribution >= 4 is 29.5 Å². The zero-order valence-electron chi connectivity index (χ0n) is 15.0. The van der Waals surface area contributed by atoms with Gasteiger partial charge in [-0.25, -0.2) is 5.01 Å². The number of hydrazone groups is 1. The highest BCUT2D eigenvalue weighted by atomic mass is 16.3. The summed E-state index contributed by atoms with van der Waals surface area (Å²) in [5.74, 6) is -0.334. The molecule has 3 aromatic rings. The minimum Gasteiger partial charge on any atom is -0.504 e. The SMILES string of the molecule is O=C1CC(c2ccc(/C=C/c3ccc(O)c(O)c3)cc2)=NN1c1ccccc1. The van der Waals surface area contributed by atoms with E-state index in [2.05, 4.69) is 5.10 Å². The van der Waals surface area contributed by atoms with Crippen molar-refractivity contribution in [3.8, 4) is 11.5 Å². The summed E-state index contributed by atoms with van der Waals surface area (Å²) in [5.41, 5.74) is 4.17. The molecule has 1 heterocycles. The van der Waals surface area contributed by atoms with E-state index in [-0.39, 0.29) is 23.8 Å². The zero-order chi connectivity index (χ0) is 19.5. The van der Waals surface area contributed by atoms with Crippen LogP contribution < -0.4 is 5.01 Å². The molecule has 5 heteroatoms. The van der Waals surface area contributed by atoms with E-state index in [9.17, 15) is 15.0 Å². The number of hydrogen-bond donors (Lipinski definition) is 2. The highest BCUT2D eigenvalue weighted by molar-refractivity contribution is 6.19. The first kappa shape index (κ1) is 17.5. The number of aromatic hydroxyl groups is 2. The molecule has 5 nitrogen and oxygen atoms in total. The number of amides is 1. The third-order valence-corrected chi connectivity index (χ3v) is 4.49. The van der Waals surface area contributed by atoms with Gasteiger partial charge in [0, 0.05) is 0 Å². The van der Waals surface area contributed by atoms with Crippen LogP contribution in [0.15, 0.2) is 77.9 Å². The fourth-order valence-electron chi connectivity index (χ4n) is 2.98. The summed E-state index contributed by atoms with van der Waals surface area (Å²) in [6.07, 6.45) is 4.03. The van der Waals surface area contributed by atoms with Gasteiger partial charge in [-0.2, -0.15) is 5.10 Å². The van der Waals surface area contributed by atoms with Gasteiger partial charge in [0.15, 0.2) is 11.5 Å². The molecule has 1 aliphatic rings. The quantitative estimate of drug-likeness (QED) is 0.528. The van der Waals surface area contributed by atoms with E-state index in [4.69, 9.17) is 0 Å². The summed E-state index contributed by atoms with van der Waals surface area (Å²) in [5, 5.41) is 24.8. The topological polar surface area (TPSA) is 73.1 Å².